The van der Waals surface area contributed by atoms with E-state index in [9.17, 15) is 18.4 Å². The van der Waals surface area contributed by atoms with Crippen LogP contribution in [0.1, 0.15) is 12.5 Å². The van der Waals surface area contributed by atoms with Crippen molar-refractivity contribution >= 4 is 18.0 Å². The minimum Gasteiger partial charge on any atom is -0.459 e. The Labute approximate surface area is 195 Å². The molecule has 0 N–H and O–H groups in total. The van der Waals surface area contributed by atoms with Crippen molar-refractivity contribution in [3.63, 3.8) is 0 Å². The first-order valence-corrected chi connectivity index (χ1v) is 10.1. The summed E-state index contributed by atoms with van der Waals surface area (Å²) >= 11 is 0. The molecule has 3 rings (SSSR count). The Hall–Kier alpha value is -4.52. The van der Waals surface area contributed by atoms with Crippen LogP contribution < -0.4 is 14.2 Å². The van der Waals surface area contributed by atoms with Gasteiger partial charge < -0.3 is 14.2 Å². The number of hydrogen-bond acceptors (Lipinski definition) is 5. The molecule has 0 fully saturated rings. The number of benzene rings is 3. The Balaban J connectivity index is 1.55. The van der Waals surface area contributed by atoms with E-state index in [0.29, 0.717) is 23.3 Å². The highest BCUT2D eigenvalue weighted by Crippen LogP contribution is 2.25. The fourth-order valence-corrected chi connectivity index (χ4v) is 2.71. The second-order valence-corrected chi connectivity index (χ2v) is 7.07. The summed E-state index contributed by atoms with van der Waals surface area (Å²) in [6, 6.07) is 20.1. The third-order valence-corrected chi connectivity index (χ3v) is 4.40. The van der Waals surface area contributed by atoms with Crippen LogP contribution in [0.15, 0.2) is 103 Å². The van der Waals surface area contributed by atoms with Crippen LogP contribution in [0.2, 0.25) is 0 Å². The summed E-state index contributed by atoms with van der Waals surface area (Å²) < 4.78 is 39.4. The van der Waals surface area contributed by atoms with Crippen LogP contribution in [-0.4, -0.2) is 11.9 Å². The van der Waals surface area contributed by atoms with Crippen LogP contribution in [0.4, 0.5) is 8.78 Å². The van der Waals surface area contributed by atoms with Crippen LogP contribution in [0.5, 0.6) is 17.2 Å². The maximum absolute atomic E-state index is 12.1. The fourth-order valence-electron chi connectivity index (χ4n) is 2.71. The summed E-state index contributed by atoms with van der Waals surface area (Å²) in [7, 11) is 0. The highest BCUT2D eigenvalue weighted by Gasteiger charge is 2.06. The summed E-state index contributed by atoms with van der Waals surface area (Å²) in [6.45, 7) is 5.08. The molecule has 0 bridgehead atoms. The molecule has 172 valence electrons. The first-order valence-electron chi connectivity index (χ1n) is 10.1. The molecular weight excluding hydrogens is 442 g/mol. The van der Waals surface area contributed by atoms with Gasteiger partial charge in [0.1, 0.15) is 17.2 Å². The predicted molar refractivity (Wildman–Crippen MR) is 124 cm³/mol. The second kappa shape index (κ2) is 11.4. The first-order chi connectivity index (χ1) is 16.3. The van der Waals surface area contributed by atoms with Gasteiger partial charge in [0.05, 0.1) is 0 Å². The number of rotatable bonds is 8. The predicted octanol–water partition coefficient (Wildman–Crippen LogP) is 6.57. The van der Waals surface area contributed by atoms with Gasteiger partial charge >= 0.3 is 18.0 Å². The van der Waals surface area contributed by atoms with Gasteiger partial charge in [0, 0.05) is 11.6 Å². The van der Waals surface area contributed by atoms with Crippen LogP contribution in [-0.2, 0) is 9.59 Å². The number of hydrogen-bond donors (Lipinski definition) is 0. The van der Waals surface area contributed by atoms with Crippen molar-refractivity contribution < 1.29 is 32.6 Å². The van der Waals surface area contributed by atoms with E-state index in [4.69, 9.17) is 14.2 Å². The second-order valence-electron chi connectivity index (χ2n) is 7.07. The molecule has 0 aliphatic heterocycles. The number of ether oxygens (including phenoxy) is 3. The van der Waals surface area contributed by atoms with E-state index in [-0.39, 0.29) is 5.75 Å². The summed E-state index contributed by atoms with van der Waals surface area (Å²) in [5.41, 5.74) is 2.71. The summed E-state index contributed by atoms with van der Waals surface area (Å²) in [4.78, 5) is 23.6. The molecule has 0 amide bonds. The van der Waals surface area contributed by atoms with Crippen molar-refractivity contribution in [3.8, 4) is 28.4 Å². The molecule has 0 aliphatic carbocycles. The van der Waals surface area contributed by atoms with E-state index < -0.39 is 18.0 Å². The molecule has 0 unspecified atom stereocenters. The van der Waals surface area contributed by atoms with Gasteiger partial charge in [-0.25, -0.2) is 9.59 Å². The number of halogens is 2. The lowest BCUT2D eigenvalue weighted by Crippen LogP contribution is -2.07. The van der Waals surface area contributed by atoms with E-state index in [1.165, 1.54) is 6.08 Å². The molecule has 0 saturated heterocycles. The zero-order valence-electron chi connectivity index (χ0n) is 18.2. The average molecular weight is 462 g/mol. The lowest BCUT2D eigenvalue weighted by molar-refractivity contribution is -0.130. The van der Waals surface area contributed by atoms with Crippen LogP contribution in [0.3, 0.4) is 0 Å². The van der Waals surface area contributed by atoms with Crippen LogP contribution >= 0.6 is 0 Å². The zero-order chi connectivity index (χ0) is 24.5. The van der Waals surface area contributed by atoms with Gasteiger partial charge in [-0.15, -0.1) is 0 Å². The highest BCUT2D eigenvalue weighted by molar-refractivity contribution is 5.89. The molecule has 0 radical (unpaired) electrons. The molecule has 0 aromatic heterocycles. The third-order valence-electron chi connectivity index (χ3n) is 4.40. The normalized spacial score (nSPS) is 10.4. The Morgan fingerprint density at radius 3 is 1.79 bits per heavy atom. The highest BCUT2D eigenvalue weighted by atomic mass is 19.3. The van der Waals surface area contributed by atoms with Crippen molar-refractivity contribution in [3.05, 3.63) is 109 Å². The van der Waals surface area contributed by atoms with Crippen LogP contribution in [0.25, 0.3) is 17.2 Å². The zero-order valence-corrected chi connectivity index (χ0v) is 18.2. The molecule has 0 atom stereocenters. The Morgan fingerprint density at radius 1 is 0.765 bits per heavy atom. The minimum atomic E-state index is -1.91. The fraction of sp³-hybridized carbons (Fsp3) is 0.0370. The van der Waals surface area contributed by atoms with Crippen molar-refractivity contribution in [1.82, 2.24) is 0 Å². The van der Waals surface area contributed by atoms with Gasteiger partial charge in [0.2, 0.25) is 0 Å². The van der Waals surface area contributed by atoms with E-state index in [0.717, 1.165) is 16.7 Å². The monoisotopic (exact) mass is 462 g/mol. The lowest BCUT2D eigenvalue weighted by Gasteiger charge is -2.06. The first kappa shape index (κ1) is 24.1. The molecule has 34 heavy (non-hydrogen) atoms. The van der Waals surface area contributed by atoms with Gasteiger partial charge in [-0.2, -0.15) is 8.78 Å². The van der Waals surface area contributed by atoms with Gasteiger partial charge in [0.25, 0.3) is 0 Å². The molecule has 0 heterocycles. The van der Waals surface area contributed by atoms with Crippen molar-refractivity contribution in [2.24, 2.45) is 0 Å². The van der Waals surface area contributed by atoms with Crippen LogP contribution in [0, 0.1) is 0 Å². The molecule has 5 nitrogen and oxygen atoms in total. The molecule has 0 spiro atoms. The largest absolute Gasteiger partial charge is 0.459 e. The quantitative estimate of drug-likeness (QED) is 0.164. The summed E-state index contributed by atoms with van der Waals surface area (Å²) in [6.07, 6.45) is 1.33. The standard InChI is InChI=1S/C27H20F2O5/c1-18(2)27(31)34-24-10-3-19(4-11-24)5-16-26(30)33-23-14-8-21(9-15-23)20-6-12-22(13-7-20)32-17-25(28)29/h3-17H,1H2,2H3/b16-5+. The molecule has 7 heteroatoms. The molecule has 3 aromatic carbocycles. The third kappa shape index (κ3) is 7.27. The van der Waals surface area contributed by atoms with Crippen molar-refractivity contribution in [1.29, 1.82) is 0 Å². The van der Waals surface area contributed by atoms with Gasteiger partial charge in [-0.05, 0) is 66.1 Å². The minimum absolute atomic E-state index is 0.288. The Morgan fingerprint density at radius 2 is 1.26 bits per heavy atom. The van der Waals surface area contributed by atoms with Gasteiger partial charge in [-0.3, -0.25) is 0 Å². The molecule has 0 aliphatic rings. The molecular formula is C27H20F2O5. The smallest absolute Gasteiger partial charge is 0.338 e. The summed E-state index contributed by atoms with van der Waals surface area (Å²) in [5, 5.41) is 0. The average Bonchev–Trinajstić information content (AvgIpc) is 2.83. The number of esters is 2. The Kier molecular flexibility index (Phi) is 8.07. The number of carbonyl (C=O) groups excluding carboxylic acids is 2. The van der Waals surface area contributed by atoms with Gasteiger partial charge in [-0.1, -0.05) is 43.0 Å². The molecule has 3 aromatic rings. The number of carbonyl (C=O) groups is 2. The van der Waals surface area contributed by atoms with Crippen molar-refractivity contribution in [2.45, 2.75) is 6.92 Å². The van der Waals surface area contributed by atoms with E-state index in [1.54, 1.807) is 85.8 Å². The Bertz CT molecular complexity index is 1220. The van der Waals surface area contributed by atoms with Gasteiger partial charge in [0.15, 0.2) is 6.26 Å². The maximum Gasteiger partial charge on any atom is 0.338 e. The van der Waals surface area contributed by atoms with Crippen molar-refractivity contribution in [2.75, 3.05) is 0 Å². The van der Waals surface area contributed by atoms with E-state index >= 15 is 0 Å². The molecule has 0 saturated carbocycles. The van der Waals surface area contributed by atoms with E-state index in [2.05, 4.69) is 6.58 Å². The maximum atomic E-state index is 12.1. The topological polar surface area (TPSA) is 61.8 Å². The van der Waals surface area contributed by atoms with E-state index in [1.807, 2.05) is 0 Å². The SMILES string of the molecule is C=C(C)C(=O)Oc1ccc(/C=C/C(=O)Oc2ccc(-c3ccc(OC=C(F)F)cc3)cc2)cc1. The summed E-state index contributed by atoms with van der Waals surface area (Å²) in [5.74, 6) is -0.0346. The lowest BCUT2D eigenvalue weighted by atomic mass is 10.1.